The highest BCUT2D eigenvalue weighted by molar-refractivity contribution is 6.09. The van der Waals surface area contributed by atoms with E-state index in [4.69, 9.17) is 34.3 Å². The number of aromatic nitrogens is 1. The standard InChI is InChI=1S/C24H28N2O3/c1-23(2,3)16-11-17(24(4,5)6)20(27)12-19(16)26-22(29)15-13-25-18-10-8-7-9-14(18)21(15)28/h7-13,27H,1-6H3,(H,25,28)(H,26,29)/i1D3,2D3,3D3,4D3,5D3,6D3,7D,8D,9D,10D,11D,12D,13D. The number of hydrogen-bond acceptors (Lipinski definition) is 4. The maximum atomic E-state index is 13.9. The van der Waals surface area contributed by atoms with Gasteiger partial charge in [-0.2, -0.15) is 0 Å². The van der Waals surface area contributed by atoms with Crippen LogP contribution in [0.1, 0.15) is 96.9 Å². The van der Waals surface area contributed by atoms with E-state index in [9.17, 15) is 15.0 Å². The number of hydrogen-bond donors (Lipinski definition) is 3. The van der Waals surface area contributed by atoms with Crippen molar-refractivity contribution in [3.8, 4) is 11.5 Å². The van der Waals surface area contributed by atoms with Gasteiger partial charge >= 0.3 is 0 Å². The van der Waals surface area contributed by atoms with E-state index in [1.54, 1.807) is 5.32 Å². The van der Waals surface area contributed by atoms with Crippen LogP contribution in [0.15, 0.2) is 42.4 Å². The molecular weight excluding hydrogens is 364 g/mol. The molecule has 0 saturated carbocycles. The molecule has 0 unspecified atom stereocenters. The number of carbonyl (C=O) groups excluding carboxylic acids is 1. The van der Waals surface area contributed by atoms with E-state index in [-0.39, 0.29) is 0 Å². The van der Waals surface area contributed by atoms with Crippen molar-refractivity contribution >= 4 is 22.5 Å². The summed E-state index contributed by atoms with van der Waals surface area (Å²) in [5.74, 6) is -5.47. The van der Waals surface area contributed by atoms with Crippen LogP contribution in [0.5, 0.6) is 11.5 Å². The molecule has 0 aliphatic rings. The Hall–Kier alpha value is -3.08. The van der Waals surface area contributed by atoms with Crippen molar-refractivity contribution in [2.45, 2.75) is 51.9 Å². The molecule has 5 heteroatoms. The number of nitrogens with one attached hydrogen (secondary N) is 1. The number of amides is 1. The van der Waals surface area contributed by atoms with Crippen molar-refractivity contribution in [1.29, 1.82) is 0 Å². The first-order valence-corrected chi connectivity index (χ1v) is 7.60. The van der Waals surface area contributed by atoms with Crippen molar-refractivity contribution in [2.75, 3.05) is 5.32 Å². The summed E-state index contributed by atoms with van der Waals surface area (Å²) in [5.41, 5.74) is -17.2. The molecule has 0 bridgehead atoms. The van der Waals surface area contributed by atoms with Crippen LogP contribution in [0, 0.1) is 0 Å². The normalized spacial score (nSPS) is 27.4. The van der Waals surface area contributed by atoms with Gasteiger partial charge in [-0.1, -0.05) is 53.2 Å². The average molecular weight is 418 g/mol. The lowest BCUT2D eigenvalue weighted by molar-refractivity contribution is 0.102. The summed E-state index contributed by atoms with van der Waals surface area (Å²) in [5, 5.41) is 23.1. The van der Waals surface area contributed by atoms with Gasteiger partial charge in [0, 0.05) is 48.0 Å². The number of rotatable bonds is 2. The van der Waals surface area contributed by atoms with E-state index in [1.807, 2.05) is 0 Å². The third-order valence-corrected chi connectivity index (χ3v) is 3.62. The van der Waals surface area contributed by atoms with E-state index < -0.39 is 145 Å². The quantitative estimate of drug-likeness (QED) is 0.514. The minimum absolute atomic E-state index is 0.751. The molecule has 0 aliphatic carbocycles. The van der Waals surface area contributed by atoms with Crippen molar-refractivity contribution in [3.63, 3.8) is 0 Å². The molecule has 0 spiro atoms. The third-order valence-electron chi connectivity index (χ3n) is 3.62. The Kier molecular flexibility index (Phi) is 1.40. The number of aromatic hydroxyl groups is 2. The van der Waals surface area contributed by atoms with E-state index in [0.717, 1.165) is 0 Å². The molecule has 1 aromatic heterocycles. The van der Waals surface area contributed by atoms with Crippen LogP contribution in [-0.2, 0) is 10.8 Å². The van der Waals surface area contributed by atoms with Crippen molar-refractivity contribution < 1.29 is 49.3 Å². The fourth-order valence-electron chi connectivity index (χ4n) is 2.32. The second kappa shape index (κ2) is 7.07. The number of para-hydroxylation sites is 1. The number of anilines is 1. The van der Waals surface area contributed by atoms with Crippen molar-refractivity contribution in [1.82, 2.24) is 4.98 Å². The largest absolute Gasteiger partial charge is 0.508 e. The predicted molar refractivity (Wildman–Crippen MR) is 117 cm³/mol. The Morgan fingerprint density at radius 2 is 1.69 bits per heavy atom. The van der Waals surface area contributed by atoms with Crippen LogP contribution in [0.25, 0.3) is 10.9 Å². The number of pyridine rings is 1. The van der Waals surface area contributed by atoms with Gasteiger partial charge in [-0.3, -0.25) is 9.78 Å². The molecule has 29 heavy (non-hydrogen) atoms. The number of benzene rings is 2. The molecule has 1 heterocycles. The zero-order valence-electron chi connectivity index (χ0n) is 39.2. The van der Waals surface area contributed by atoms with E-state index >= 15 is 0 Å². The lowest BCUT2D eigenvalue weighted by Gasteiger charge is -2.28. The zero-order valence-corrected chi connectivity index (χ0v) is 14.2. The van der Waals surface area contributed by atoms with Gasteiger partial charge in [0.2, 0.25) is 0 Å². The molecule has 152 valence electrons. The summed E-state index contributed by atoms with van der Waals surface area (Å²) in [6.07, 6.45) is -1.30. The maximum absolute atomic E-state index is 13.9. The number of phenolic OH excluding ortho intramolecular Hbond substituents is 1. The first kappa shape index (κ1) is 5.75. The fourth-order valence-corrected chi connectivity index (χ4v) is 2.32. The predicted octanol–water partition coefficient (Wildman–Crippen LogP) is 5.49. The Balaban J connectivity index is 2.80. The Morgan fingerprint density at radius 3 is 2.38 bits per heavy atom. The molecule has 0 saturated heterocycles. The van der Waals surface area contributed by atoms with Crippen LogP contribution in [0.4, 0.5) is 5.69 Å². The minimum Gasteiger partial charge on any atom is -0.508 e. The van der Waals surface area contributed by atoms with Gasteiger partial charge in [0.1, 0.15) is 17.1 Å². The molecule has 5 nitrogen and oxygen atoms in total. The molecule has 1 amide bonds. The highest BCUT2D eigenvalue weighted by atomic mass is 16.3. The van der Waals surface area contributed by atoms with E-state index in [2.05, 4.69) is 4.98 Å². The van der Waals surface area contributed by atoms with Crippen LogP contribution in [0.2, 0.25) is 0 Å². The SMILES string of the molecule is [2H]c1nc2c([2H])c([2H])c([2H])c([2H])c2c(O)c1C(=O)Nc1c([2H])c(O)c(C(C([2H])([2H])[2H])(C([2H])([2H])[2H])C([2H])([2H])[2H])c([2H])c1C(C([2H])([2H])[2H])(C([2H])([2H])[2H])C([2H])([2H])[2H]. The Labute approximate surface area is 206 Å². The van der Waals surface area contributed by atoms with Gasteiger partial charge < -0.3 is 15.5 Å². The molecule has 3 N–H and O–H groups in total. The molecule has 3 aromatic rings. The van der Waals surface area contributed by atoms with E-state index in [1.165, 1.54) is 0 Å². The Morgan fingerprint density at radius 1 is 1.03 bits per heavy atom. The summed E-state index contributed by atoms with van der Waals surface area (Å²) in [6, 6.07) is -7.85. The second-order valence-corrected chi connectivity index (χ2v) is 5.85. The van der Waals surface area contributed by atoms with Gasteiger partial charge in [-0.15, -0.1) is 0 Å². The lowest BCUT2D eigenvalue weighted by Crippen LogP contribution is -2.21. The number of carbonyl (C=O) groups is 1. The third kappa shape index (κ3) is 4.04. The van der Waals surface area contributed by atoms with E-state index in [0.29, 0.717) is 0 Å². The smallest absolute Gasteiger partial charge is 0.261 e. The molecule has 2 aromatic carbocycles. The molecule has 0 radical (unpaired) electrons. The summed E-state index contributed by atoms with van der Waals surface area (Å²) >= 11 is 0. The molecule has 0 atom stereocenters. The summed E-state index contributed by atoms with van der Waals surface area (Å²) < 4.78 is 204. The molecule has 3 rings (SSSR count). The first-order chi connectivity index (χ1) is 23.8. The van der Waals surface area contributed by atoms with Gasteiger partial charge in [-0.05, 0) is 40.1 Å². The summed E-state index contributed by atoms with van der Waals surface area (Å²) in [7, 11) is 0. The highest BCUT2D eigenvalue weighted by Crippen LogP contribution is 2.40. The average Bonchev–Trinajstić information content (AvgIpc) is 2.93. The lowest BCUT2D eigenvalue weighted by atomic mass is 9.79. The van der Waals surface area contributed by atoms with Gasteiger partial charge in [0.15, 0.2) is 0 Å². The van der Waals surface area contributed by atoms with Crippen molar-refractivity contribution in [3.05, 3.63) is 59.1 Å². The fraction of sp³-hybridized carbons (Fsp3) is 0.333. The van der Waals surface area contributed by atoms with Crippen LogP contribution < -0.4 is 5.32 Å². The number of nitrogens with zero attached hydrogens (tertiary/aromatic N) is 1. The monoisotopic (exact) mass is 417 g/mol. The van der Waals surface area contributed by atoms with Gasteiger partial charge in [-0.25, -0.2) is 0 Å². The maximum Gasteiger partial charge on any atom is 0.261 e. The topological polar surface area (TPSA) is 82.5 Å². The van der Waals surface area contributed by atoms with Gasteiger partial charge in [0.05, 0.1) is 15.1 Å². The first-order valence-electron chi connectivity index (χ1n) is 20.1. The minimum atomic E-state index is -4.57. The number of phenols is 1. The molecule has 0 aliphatic heterocycles. The van der Waals surface area contributed by atoms with Crippen molar-refractivity contribution in [2.24, 2.45) is 0 Å². The highest BCUT2D eigenvalue weighted by Gasteiger charge is 2.26. The van der Waals surface area contributed by atoms with Crippen LogP contribution in [0.3, 0.4) is 0 Å². The number of fused-ring (bicyclic) bond motifs is 1. The second-order valence-electron chi connectivity index (χ2n) is 5.85. The van der Waals surface area contributed by atoms with Gasteiger partial charge in [0.25, 0.3) is 5.91 Å². The zero-order chi connectivity index (χ0) is 42.7. The molecular formula is C24H28N2O3. The Bertz CT molecular complexity index is 1960. The summed E-state index contributed by atoms with van der Waals surface area (Å²) in [6.45, 7) is -26.5. The van der Waals surface area contributed by atoms with Crippen LogP contribution >= 0.6 is 0 Å². The molecule has 0 fully saturated rings. The van der Waals surface area contributed by atoms with Crippen LogP contribution in [-0.4, -0.2) is 21.1 Å². The summed E-state index contributed by atoms with van der Waals surface area (Å²) in [4.78, 5) is 17.4.